The zero-order valence-corrected chi connectivity index (χ0v) is 14.6. The number of aliphatic imine (C=N–C) groups is 1. The first-order valence-electron chi connectivity index (χ1n) is 7.28. The molecule has 0 radical (unpaired) electrons. The lowest BCUT2D eigenvalue weighted by atomic mass is 10.1. The minimum absolute atomic E-state index is 0. The maximum Gasteiger partial charge on any atom is 0.188 e. The van der Waals surface area contributed by atoms with Crippen LogP contribution < -0.4 is 11.1 Å². The second kappa shape index (κ2) is 17.6. The minimum Gasteiger partial charge on any atom is -0.370 e. The molecule has 4 heteroatoms. The topological polar surface area (TPSA) is 50.4 Å². The quantitative estimate of drug-likeness (QED) is 0.189. The number of hydrogen-bond donors (Lipinski definition) is 2. The first kappa shape index (κ1) is 20.9. The Labute approximate surface area is 136 Å². The third-order valence-corrected chi connectivity index (χ3v) is 2.85. The first-order chi connectivity index (χ1) is 8.81. The Kier molecular flexibility index (Phi) is 19.3. The number of unbranched alkanes of at least 4 members (excludes halogenated alkanes) is 7. The highest BCUT2D eigenvalue weighted by atomic mass is 127. The van der Waals surface area contributed by atoms with Crippen LogP contribution in [0.3, 0.4) is 0 Å². The van der Waals surface area contributed by atoms with E-state index in [0.717, 1.165) is 32.4 Å². The van der Waals surface area contributed by atoms with Crippen molar-refractivity contribution in [3.8, 4) is 12.3 Å². The molecule has 3 N–H and O–H groups in total. The van der Waals surface area contributed by atoms with Gasteiger partial charge in [-0.3, -0.25) is 4.99 Å². The third-order valence-electron chi connectivity index (χ3n) is 2.85. The lowest BCUT2D eigenvalue weighted by Gasteiger charge is -2.05. The maximum atomic E-state index is 5.75. The zero-order chi connectivity index (χ0) is 13.5. The van der Waals surface area contributed by atoms with Crippen LogP contribution in [0.1, 0.15) is 64.7 Å². The number of nitrogens with one attached hydrogen (secondary N) is 1. The molecule has 0 aromatic heterocycles. The predicted octanol–water partition coefficient (Wildman–Crippen LogP) is 3.67. The first-order valence-corrected chi connectivity index (χ1v) is 7.28. The third kappa shape index (κ3) is 17.6. The Morgan fingerprint density at radius 3 is 2.47 bits per heavy atom. The van der Waals surface area contributed by atoms with Gasteiger partial charge < -0.3 is 11.1 Å². The van der Waals surface area contributed by atoms with Gasteiger partial charge in [0.25, 0.3) is 0 Å². The van der Waals surface area contributed by atoms with Crippen molar-refractivity contribution in [1.29, 1.82) is 0 Å². The molecule has 19 heavy (non-hydrogen) atoms. The summed E-state index contributed by atoms with van der Waals surface area (Å²) < 4.78 is 0. The van der Waals surface area contributed by atoms with Crippen molar-refractivity contribution in [3.63, 3.8) is 0 Å². The highest BCUT2D eigenvalue weighted by molar-refractivity contribution is 14.0. The Bertz CT molecular complexity index is 246. The molecule has 0 bridgehead atoms. The molecule has 0 heterocycles. The highest BCUT2D eigenvalue weighted by Gasteiger charge is 1.92. The van der Waals surface area contributed by atoms with Gasteiger partial charge in [-0.05, 0) is 19.3 Å². The van der Waals surface area contributed by atoms with Crippen molar-refractivity contribution in [3.05, 3.63) is 0 Å². The lowest BCUT2D eigenvalue weighted by molar-refractivity contribution is 0.601. The second-order valence-electron chi connectivity index (χ2n) is 4.62. The van der Waals surface area contributed by atoms with E-state index in [9.17, 15) is 0 Å². The molecule has 0 fully saturated rings. The summed E-state index contributed by atoms with van der Waals surface area (Å²) in [4.78, 5) is 4.26. The molecule has 0 aliphatic heterocycles. The van der Waals surface area contributed by atoms with Gasteiger partial charge in [-0.15, -0.1) is 36.3 Å². The molecule has 0 saturated carbocycles. The standard InChI is InChI=1S/C15H29N3.HI/c1-3-5-7-9-10-12-14-18-15(16)17-13-11-8-6-4-2;/h2H,3,5-14H2,1H3,(H3,16,17,18);1H. The van der Waals surface area contributed by atoms with E-state index in [2.05, 4.69) is 23.2 Å². The number of nitrogens with zero attached hydrogens (tertiary/aromatic N) is 1. The smallest absolute Gasteiger partial charge is 0.188 e. The summed E-state index contributed by atoms with van der Waals surface area (Å²) in [5, 5.41) is 3.15. The summed E-state index contributed by atoms with van der Waals surface area (Å²) in [6, 6.07) is 0. The zero-order valence-electron chi connectivity index (χ0n) is 12.3. The largest absolute Gasteiger partial charge is 0.370 e. The molecule has 112 valence electrons. The summed E-state index contributed by atoms with van der Waals surface area (Å²) >= 11 is 0. The number of guanidine groups is 1. The predicted molar refractivity (Wildman–Crippen MR) is 96.0 cm³/mol. The van der Waals surface area contributed by atoms with Crippen LogP contribution in [-0.4, -0.2) is 19.0 Å². The second-order valence-corrected chi connectivity index (χ2v) is 4.62. The van der Waals surface area contributed by atoms with Crippen LogP contribution in [0.4, 0.5) is 0 Å². The van der Waals surface area contributed by atoms with E-state index in [0.29, 0.717) is 5.96 Å². The van der Waals surface area contributed by atoms with Gasteiger partial charge in [0.2, 0.25) is 0 Å². The van der Waals surface area contributed by atoms with E-state index in [1.807, 2.05) is 0 Å². The van der Waals surface area contributed by atoms with Gasteiger partial charge in [0.15, 0.2) is 5.96 Å². The van der Waals surface area contributed by atoms with Crippen LogP contribution in [0.15, 0.2) is 4.99 Å². The van der Waals surface area contributed by atoms with E-state index in [1.54, 1.807) is 0 Å². The fourth-order valence-electron chi connectivity index (χ4n) is 1.72. The molecule has 0 atom stereocenters. The molecule has 0 saturated heterocycles. The van der Waals surface area contributed by atoms with E-state index in [-0.39, 0.29) is 24.0 Å². The monoisotopic (exact) mass is 379 g/mol. The Balaban J connectivity index is 0. The van der Waals surface area contributed by atoms with Gasteiger partial charge in [0, 0.05) is 19.5 Å². The SMILES string of the molecule is C#CCCCCN=C(N)NCCCCCCCC.I. The maximum absolute atomic E-state index is 5.75. The average molecular weight is 379 g/mol. The fourth-order valence-corrected chi connectivity index (χ4v) is 1.72. The van der Waals surface area contributed by atoms with Gasteiger partial charge >= 0.3 is 0 Å². The van der Waals surface area contributed by atoms with Crippen LogP contribution in [0.2, 0.25) is 0 Å². The van der Waals surface area contributed by atoms with Crippen LogP contribution in [0.25, 0.3) is 0 Å². The molecule has 0 rings (SSSR count). The fraction of sp³-hybridized carbons (Fsp3) is 0.800. The van der Waals surface area contributed by atoms with Crippen LogP contribution >= 0.6 is 24.0 Å². The average Bonchev–Trinajstić information content (AvgIpc) is 2.37. The van der Waals surface area contributed by atoms with Crippen molar-refractivity contribution in [2.75, 3.05) is 13.1 Å². The van der Waals surface area contributed by atoms with Crippen LogP contribution in [0, 0.1) is 12.3 Å². The van der Waals surface area contributed by atoms with Crippen LogP contribution in [-0.2, 0) is 0 Å². The number of halogens is 1. The van der Waals surface area contributed by atoms with Crippen molar-refractivity contribution in [2.24, 2.45) is 10.7 Å². The Hall–Kier alpha value is -0.440. The molecule has 0 amide bonds. The number of hydrogen-bond acceptors (Lipinski definition) is 1. The number of terminal acetylenes is 1. The molecule has 0 aliphatic rings. The normalized spacial score (nSPS) is 10.6. The van der Waals surface area contributed by atoms with E-state index < -0.39 is 0 Å². The molecule has 3 nitrogen and oxygen atoms in total. The summed E-state index contributed by atoms with van der Waals surface area (Å²) in [6.07, 6.45) is 15.9. The Morgan fingerprint density at radius 2 is 1.79 bits per heavy atom. The molecule has 0 aromatic rings. The van der Waals surface area contributed by atoms with Crippen molar-refractivity contribution >= 4 is 29.9 Å². The molecular weight excluding hydrogens is 349 g/mol. The summed E-state index contributed by atoms with van der Waals surface area (Å²) in [7, 11) is 0. The minimum atomic E-state index is 0. The van der Waals surface area contributed by atoms with E-state index >= 15 is 0 Å². The number of rotatable bonds is 11. The van der Waals surface area contributed by atoms with E-state index in [1.165, 1.54) is 38.5 Å². The number of nitrogens with two attached hydrogens (primary N) is 1. The van der Waals surface area contributed by atoms with Crippen LogP contribution in [0.5, 0.6) is 0 Å². The Morgan fingerprint density at radius 1 is 1.11 bits per heavy atom. The van der Waals surface area contributed by atoms with Crippen molar-refractivity contribution in [1.82, 2.24) is 5.32 Å². The summed E-state index contributed by atoms with van der Waals surface area (Å²) in [5.74, 6) is 3.20. The van der Waals surface area contributed by atoms with Crippen molar-refractivity contribution < 1.29 is 0 Å². The van der Waals surface area contributed by atoms with Gasteiger partial charge in [0.05, 0.1) is 0 Å². The molecule has 0 spiro atoms. The summed E-state index contributed by atoms with van der Waals surface area (Å²) in [6.45, 7) is 3.95. The highest BCUT2D eigenvalue weighted by Crippen LogP contribution is 2.03. The van der Waals surface area contributed by atoms with Gasteiger partial charge in [-0.1, -0.05) is 39.0 Å². The molecular formula is C15H30IN3. The molecule has 0 aromatic carbocycles. The van der Waals surface area contributed by atoms with Gasteiger partial charge in [0.1, 0.15) is 0 Å². The molecule has 0 aliphatic carbocycles. The van der Waals surface area contributed by atoms with Gasteiger partial charge in [-0.25, -0.2) is 0 Å². The van der Waals surface area contributed by atoms with Crippen molar-refractivity contribution in [2.45, 2.75) is 64.7 Å². The summed E-state index contributed by atoms with van der Waals surface area (Å²) in [5.41, 5.74) is 5.75. The lowest BCUT2D eigenvalue weighted by Crippen LogP contribution is -2.32. The van der Waals surface area contributed by atoms with E-state index in [4.69, 9.17) is 12.2 Å². The molecule has 0 unspecified atom stereocenters. The van der Waals surface area contributed by atoms with Gasteiger partial charge in [-0.2, -0.15) is 0 Å².